The van der Waals surface area contributed by atoms with Gasteiger partial charge in [0, 0.05) is 35.3 Å². The lowest BCUT2D eigenvalue weighted by Crippen LogP contribution is -2.52. The fourth-order valence-electron chi connectivity index (χ4n) is 3.97. The number of carbonyl (C=O) groups excluding carboxylic acids is 2. The molecule has 3 aromatic carbocycles. The van der Waals surface area contributed by atoms with Crippen LogP contribution in [0.2, 0.25) is 5.02 Å². The van der Waals surface area contributed by atoms with Crippen molar-refractivity contribution in [3.05, 3.63) is 101 Å². The number of nitrogens with zero attached hydrogens (tertiary/aromatic N) is 1. The Morgan fingerprint density at radius 1 is 0.946 bits per heavy atom. The van der Waals surface area contributed by atoms with Gasteiger partial charge >= 0.3 is 0 Å². The zero-order valence-electron chi connectivity index (χ0n) is 22.0. The van der Waals surface area contributed by atoms with Gasteiger partial charge in [-0.2, -0.15) is 0 Å². The lowest BCUT2D eigenvalue weighted by molar-refractivity contribution is -0.141. The summed E-state index contributed by atoms with van der Waals surface area (Å²) in [7, 11) is 0. The Hall–Kier alpha value is -2.76. The number of benzene rings is 3. The predicted molar refractivity (Wildman–Crippen MR) is 155 cm³/mol. The molecule has 0 bridgehead atoms. The first-order valence-electron chi connectivity index (χ1n) is 12.9. The molecule has 3 rings (SSSR count). The van der Waals surface area contributed by atoms with E-state index in [0.29, 0.717) is 24.4 Å². The Bertz CT molecular complexity index is 1120. The van der Waals surface area contributed by atoms with Crippen molar-refractivity contribution < 1.29 is 9.59 Å². The minimum absolute atomic E-state index is 0.00230. The van der Waals surface area contributed by atoms with Crippen molar-refractivity contribution >= 4 is 35.2 Å². The molecule has 3 aromatic rings. The summed E-state index contributed by atoms with van der Waals surface area (Å²) in [5.74, 6) is 0.709. The van der Waals surface area contributed by atoms with Crippen LogP contribution in [0.25, 0.3) is 0 Å². The fourth-order valence-corrected chi connectivity index (χ4v) is 4.95. The van der Waals surface area contributed by atoms with Gasteiger partial charge in [-0.3, -0.25) is 9.59 Å². The number of thioether (sulfide) groups is 1. The molecule has 2 atom stereocenters. The molecule has 1 N–H and O–H groups in total. The second-order valence-electron chi connectivity index (χ2n) is 9.44. The first kappa shape index (κ1) is 28.8. The van der Waals surface area contributed by atoms with Crippen LogP contribution in [0.5, 0.6) is 0 Å². The number of carbonyl (C=O) groups is 2. The van der Waals surface area contributed by atoms with Crippen LogP contribution in [-0.4, -0.2) is 34.6 Å². The predicted octanol–water partition coefficient (Wildman–Crippen LogP) is 7.08. The van der Waals surface area contributed by atoms with E-state index in [-0.39, 0.29) is 17.9 Å². The molecule has 4 nitrogen and oxygen atoms in total. The highest BCUT2D eigenvalue weighted by Gasteiger charge is 2.30. The fraction of sp³-hybridized carbons (Fsp3) is 0.355. The standard InChI is InChI=1S/C31H37ClN2O2S/c1-4-24(3)33-31(36)29(21-25-9-6-5-7-10-25)34(22-26-14-12-23(2)13-15-26)30(35)11-8-20-37-28-18-16-27(32)17-19-28/h5-7,9-10,12-19,24,29H,4,8,11,20-22H2,1-3H3,(H,33,36)/t24-,29-/m1/s1. The number of hydrogen-bond acceptors (Lipinski definition) is 3. The third kappa shape index (κ3) is 9.56. The van der Waals surface area contributed by atoms with Gasteiger partial charge in [0.2, 0.25) is 11.8 Å². The summed E-state index contributed by atoms with van der Waals surface area (Å²) in [6.07, 6.45) is 2.41. The van der Waals surface area contributed by atoms with E-state index in [4.69, 9.17) is 11.6 Å². The molecule has 0 radical (unpaired) electrons. The molecule has 0 aliphatic rings. The van der Waals surface area contributed by atoms with Gasteiger partial charge in [-0.05, 0) is 67.8 Å². The van der Waals surface area contributed by atoms with Gasteiger partial charge in [0.1, 0.15) is 6.04 Å². The second-order valence-corrected chi connectivity index (χ2v) is 11.0. The van der Waals surface area contributed by atoms with Crippen LogP contribution >= 0.6 is 23.4 Å². The van der Waals surface area contributed by atoms with Crippen LogP contribution in [0.4, 0.5) is 0 Å². The molecule has 2 amide bonds. The molecule has 0 aliphatic heterocycles. The molecule has 0 saturated heterocycles. The largest absolute Gasteiger partial charge is 0.352 e. The monoisotopic (exact) mass is 536 g/mol. The van der Waals surface area contributed by atoms with Gasteiger partial charge in [-0.25, -0.2) is 0 Å². The molecule has 0 spiro atoms. The number of halogens is 1. The van der Waals surface area contributed by atoms with Gasteiger partial charge in [-0.15, -0.1) is 11.8 Å². The lowest BCUT2D eigenvalue weighted by Gasteiger charge is -2.32. The Morgan fingerprint density at radius 3 is 2.27 bits per heavy atom. The van der Waals surface area contributed by atoms with Crippen molar-refractivity contribution in [3.63, 3.8) is 0 Å². The Labute approximate surface area is 230 Å². The third-order valence-electron chi connectivity index (χ3n) is 6.36. The quantitative estimate of drug-likeness (QED) is 0.188. The summed E-state index contributed by atoms with van der Waals surface area (Å²) in [4.78, 5) is 30.1. The highest BCUT2D eigenvalue weighted by Crippen LogP contribution is 2.22. The highest BCUT2D eigenvalue weighted by molar-refractivity contribution is 7.99. The molecule has 6 heteroatoms. The summed E-state index contributed by atoms with van der Waals surface area (Å²) in [5, 5.41) is 3.84. The molecule has 0 unspecified atom stereocenters. The van der Waals surface area contributed by atoms with Gasteiger partial charge in [-0.1, -0.05) is 78.7 Å². The molecule has 0 saturated carbocycles. The summed E-state index contributed by atoms with van der Waals surface area (Å²) in [6, 6.07) is 25.3. The van der Waals surface area contributed by atoms with Gasteiger partial charge < -0.3 is 10.2 Å². The van der Waals surface area contributed by atoms with Crippen molar-refractivity contribution in [2.75, 3.05) is 5.75 Å². The normalized spacial score (nSPS) is 12.5. The summed E-state index contributed by atoms with van der Waals surface area (Å²) in [5.41, 5.74) is 3.21. The van der Waals surface area contributed by atoms with E-state index in [1.165, 1.54) is 0 Å². The summed E-state index contributed by atoms with van der Waals surface area (Å²) < 4.78 is 0. The SMILES string of the molecule is CC[C@@H](C)NC(=O)[C@@H](Cc1ccccc1)N(Cc1ccc(C)cc1)C(=O)CCCSc1ccc(Cl)cc1. The maximum Gasteiger partial charge on any atom is 0.243 e. The minimum atomic E-state index is -0.589. The van der Waals surface area contributed by atoms with E-state index in [1.54, 1.807) is 16.7 Å². The van der Waals surface area contributed by atoms with Gasteiger partial charge in [0.25, 0.3) is 0 Å². The van der Waals surface area contributed by atoms with Gasteiger partial charge in [0.15, 0.2) is 0 Å². The zero-order chi connectivity index (χ0) is 26.6. The van der Waals surface area contributed by atoms with Crippen LogP contribution in [-0.2, 0) is 22.6 Å². The number of nitrogens with one attached hydrogen (secondary N) is 1. The number of aryl methyl sites for hydroxylation is 1. The van der Waals surface area contributed by atoms with Crippen molar-refractivity contribution in [1.82, 2.24) is 10.2 Å². The number of rotatable bonds is 13. The Morgan fingerprint density at radius 2 is 1.62 bits per heavy atom. The second kappa shape index (κ2) is 14.8. The van der Waals surface area contributed by atoms with Crippen molar-refractivity contribution in [1.29, 1.82) is 0 Å². The molecule has 0 aliphatic carbocycles. The van der Waals surface area contributed by atoms with E-state index in [9.17, 15) is 9.59 Å². The molecular formula is C31H37ClN2O2S. The summed E-state index contributed by atoms with van der Waals surface area (Å²) in [6.45, 7) is 6.49. The van der Waals surface area contributed by atoms with Crippen LogP contribution < -0.4 is 5.32 Å². The average molecular weight is 537 g/mol. The van der Waals surface area contributed by atoms with Crippen molar-refractivity contribution in [2.24, 2.45) is 0 Å². The maximum absolute atomic E-state index is 13.7. The Kier molecular flexibility index (Phi) is 11.6. The van der Waals surface area contributed by atoms with Crippen molar-refractivity contribution in [2.45, 2.75) is 70.0 Å². The minimum Gasteiger partial charge on any atom is -0.352 e. The first-order valence-corrected chi connectivity index (χ1v) is 14.3. The third-order valence-corrected chi connectivity index (χ3v) is 7.71. The van der Waals surface area contributed by atoms with Crippen LogP contribution in [0.1, 0.15) is 49.8 Å². The lowest BCUT2D eigenvalue weighted by atomic mass is 10.0. The number of hydrogen-bond donors (Lipinski definition) is 1. The first-order chi connectivity index (χ1) is 17.9. The zero-order valence-corrected chi connectivity index (χ0v) is 23.5. The van der Waals surface area contributed by atoms with E-state index in [1.807, 2.05) is 99.6 Å². The van der Waals surface area contributed by atoms with Crippen LogP contribution in [0.3, 0.4) is 0 Å². The van der Waals surface area contributed by atoms with E-state index < -0.39 is 6.04 Å². The topological polar surface area (TPSA) is 49.4 Å². The molecule has 0 aromatic heterocycles. The van der Waals surface area contributed by atoms with Crippen molar-refractivity contribution in [3.8, 4) is 0 Å². The summed E-state index contributed by atoms with van der Waals surface area (Å²) >= 11 is 7.69. The maximum atomic E-state index is 13.7. The molecule has 0 heterocycles. The van der Waals surface area contributed by atoms with Crippen LogP contribution in [0.15, 0.2) is 83.8 Å². The molecule has 37 heavy (non-hydrogen) atoms. The smallest absolute Gasteiger partial charge is 0.243 e. The molecule has 0 fully saturated rings. The van der Waals surface area contributed by atoms with Gasteiger partial charge in [0.05, 0.1) is 0 Å². The average Bonchev–Trinajstić information content (AvgIpc) is 2.91. The molecular weight excluding hydrogens is 500 g/mol. The molecule has 196 valence electrons. The van der Waals surface area contributed by atoms with E-state index in [0.717, 1.165) is 40.2 Å². The number of amides is 2. The Balaban J connectivity index is 1.78. The van der Waals surface area contributed by atoms with E-state index in [2.05, 4.69) is 5.32 Å². The van der Waals surface area contributed by atoms with E-state index >= 15 is 0 Å². The highest BCUT2D eigenvalue weighted by atomic mass is 35.5. The van der Waals surface area contributed by atoms with Crippen LogP contribution in [0, 0.1) is 6.92 Å².